The molecule has 0 bridgehead atoms. The Morgan fingerprint density at radius 3 is 2.21 bits per heavy atom. The second-order valence-electron chi connectivity index (χ2n) is 7.59. The molecule has 144 valence electrons. The second kappa shape index (κ2) is 7.64. The zero-order chi connectivity index (χ0) is 20.5. The van der Waals surface area contributed by atoms with E-state index in [0.717, 1.165) is 5.56 Å². The van der Waals surface area contributed by atoms with Crippen molar-refractivity contribution in [1.29, 1.82) is 0 Å². The van der Waals surface area contributed by atoms with E-state index >= 15 is 0 Å². The third kappa shape index (κ3) is 4.34. The van der Waals surface area contributed by atoms with Crippen molar-refractivity contribution in [1.82, 2.24) is 4.90 Å². The molecule has 1 aliphatic heterocycles. The summed E-state index contributed by atoms with van der Waals surface area (Å²) in [5.74, 6) is -1.09. The first-order valence-electron chi connectivity index (χ1n) is 8.85. The summed E-state index contributed by atoms with van der Waals surface area (Å²) in [5.41, 5.74) is 3.09. The lowest BCUT2D eigenvalue weighted by Crippen LogP contribution is -2.23. The number of carboxylic acid groups (broad SMARTS) is 1. The number of aliphatic imine (C=N–C) groups is 1. The molecule has 1 fully saturated rings. The van der Waals surface area contributed by atoms with Gasteiger partial charge in [-0.05, 0) is 58.6 Å². The predicted octanol–water partition coefficient (Wildman–Crippen LogP) is 4.92. The van der Waals surface area contributed by atoms with E-state index in [1.54, 1.807) is 19.2 Å². The standard InChI is InChI=1S/C22H22N2O3S/c1-22(2,3)16-9-5-14(6-10-16)13-18-19(25)24(4)21(28-18)23-17-11-7-15(8-12-17)20(26)27/h5-13H,1-4H3,(H,26,27)/b18-13+,23-21?. The maximum atomic E-state index is 12.6. The number of carbonyl (C=O) groups excluding carboxylic acids is 1. The molecule has 6 heteroatoms. The van der Waals surface area contributed by atoms with Gasteiger partial charge in [0.05, 0.1) is 16.2 Å². The number of thioether (sulfide) groups is 1. The van der Waals surface area contributed by atoms with Crippen LogP contribution in [-0.2, 0) is 10.2 Å². The first-order chi connectivity index (χ1) is 13.1. The molecule has 0 radical (unpaired) electrons. The summed E-state index contributed by atoms with van der Waals surface area (Å²) >= 11 is 1.31. The molecule has 0 aliphatic carbocycles. The van der Waals surface area contributed by atoms with Crippen molar-refractivity contribution >= 4 is 40.6 Å². The van der Waals surface area contributed by atoms with E-state index in [-0.39, 0.29) is 16.9 Å². The van der Waals surface area contributed by atoms with Crippen molar-refractivity contribution in [2.24, 2.45) is 4.99 Å². The molecule has 28 heavy (non-hydrogen) atoms. The van der Waals surface area contributed by atoms with Crippen LogP contribution in [0.5, 0.6) is 0 Å². The SMILES string of the molecule is CN1C(=O)/C(=C\c2ccc(C(C)(C)C)cc2)SC1=Nc1ccc(C(=O)O)cc1. The lowest BCUT2D eigenvalue weighted by molar-refractivity contribution is -0.121. The fourth-order valence-electron chi connectivity index (χ4n) is 2.67. The quantitative estimate of drug-likeness (QED) is 0.751. The predicted molar refractivity (Wildman–Crippen MR) is 114 cm³/mol. The summed E-state index contributed by atoms with van der Waals surface area (Å²) in [6.07, 6.45) is 1.87. The van der Waals surface area contributed by atoms with Crippen molar-refractivity contribution in [2.45, 2.75) is 26.2 Å². The van der Waals surface area contributed by atoms with Crippen LogP contribution >= 0.6 is 11.8 Å². The third-order valence-electron chi connectivity index (χ3n) is 4.42. The van der Waals surface area contributed by atoms with Crippen LogP contribution in [0.15, 0.2) is 58.4 Å². The lowest BCUT2D eigenvalue weighted by atomic mass is 9.87. The van der Waals surface area contributed by atoms with Gasteiger partial charge in [0, 0.05) is 7.05 Å². The summed E-state index contributed by atoms with van der Waals surface area (Å²) in [4.78, 5) is 30.1. The highest BCUT2D eigenvalue weighted by atomic mass is 32.2. The molecule has 1 heterocycles. The molecule has 5 nitrogen and oxygen atoms in total. The van der Waals surface area contributed by atoms with E-state index in [1.165, 1.54) is 34.4 Å². The Bertz CT molecular complexity index is 968. The summed E-state index contributed by atoms with van der Waals surface area (Å²) in [6.45, 7) is 6.49. The Morgan fingerprint density at radius 2 is 1.68 bits per heavy atom. The first-order valence-corrected chi connectivity index (χ1v) is 9.67. The maximum Gasteiger partial charge on any atom is 0.335 e. The van der Waals surface area contributed by atoms with Crippen LogP contribution in [-0.4, -0.2) is 34.1 Å². The third-order valence-corrected chi connectivity index (χ3v) is 5.48. The van der Waals surface area contributed by atoms with Crippen LogP contribution < -0.4 is 0 Å². The van der Waals surface area contributed by atoms with Gasteiger partial charge in [-0.1, -0.05) is 45.0 Å². The average Bonchev–Trinajstić information content (AvgIpc) is 2.90. The van der Waals surface area contributed by atoms with Gasteiger partial charge in [-0.3, -0.25) is 9.69 Å². The van der Waals surface area contributed by atoms with Crippen molar-refractivity contribution in [3.05, 3.63) is 70.1 Å². The molecule has 1 amide bonds. The molecule has 0 unspecified atom stereocenters. The zero-order valence-corrected chi connectivity index (χ0v) is 17.1. The van der Waals surface area contributed by atoms with E-state index in [4.69, 9.17) is 5.11 Å². The van der Waals surface area contributed by atoms with Gasteiger partial charge in [0.25, 0.3) is 5.91 Å². The Hall–Kier alpha value is -2.86. The Kier molecular flexibility index (Phi) is 5.42. The fourth-order valence-corrected chi connectivity index (χ4v) is 3.66. The summed E-state index contributed by atoms with van der Waals surface area (Å²) < 4.78 is 0. The van der Waals surface area contributed by atoms with Crippen LogP contribution in [0, 0.1) is 0 Å². The molecular weight excluding hydrogens is 372 g/mol. The number of rotatable bonds is 3. The van der Waals surface area contributed by atoms with Crippen LogP contribution in [0.3, 0.4) is 0 Å². The van der Waals surface area contributed by atoms with Gasteiger partial charge in [-0.15, -0.1) is 0 Å². The number of benzene rings is 2. The van der Waals surface area contributed by atoms with Gasteiger partial charge in [-0.2, -0.15) is 0 Å². The van der Waals surface area contributed by atoms with E-state index in [2.05, 4.69) is 37.9 Å². The number of likely N-dealkylation sites (N-methyl/N-ethyl adjacent to an activating group) is 1. The number of carbonyl (C=O) groups is 2. The Morgan fingerprint density at radius 1 is 1.07 bits per heavy atom. The largest absolute Gasteiger partial charge is 0.478 e. The first kappa shape index (κ1) is 19.9. The van der Waals surface area contributed by atoms with Gasteiger partial charge in [-0.25, -0.2) is 9.79 Å². The molecule has 1 saturated heterocycles. The minimum atomic E-state index is -0.982. The molecular formula is C22H22N2O3S. The number of amides is 1. The van der Waals surface area contributed by atoms with Gasteiger partial charge >= 0.3 is 5.97 Å². The number of carboxylic acids is 1. The number of aromatic carboxylic acids is 1. The minimum Gasteiger partial charge on any atom is -0.478 e. The van der Waals surface area contributed by atoms with E-state index in [9.17, 15) is 9.59 Å². The molecule has 2 aromatic carbocycles. The highest BCUT2D eigenvalue weighted by Gasteiger charge is 2.30. The van der Waals surface area contributed by atoms with Gasteiger partial charge in [0.15, 0.2) is 5.17 Å². The topological polar surface area (TPSA) is 70.0 Å². The van der Waals surface area contributed by atoms with Crippen LogP contribution in [0.1, 0.15) is 42.3 Å². The number of nitrogens with zero attached hydrogens (tertiary/aromatic N) is 2. The minimum absolute atomic E-state index is 0.0832. The van der Waals surface area contributed by atoms with Crippen molar-refractivity contribution in [2.75, 3.05) is 7.05 Å². The fraction of sp³-hybridized carbons (Fsp3) is 0.227. The molecule has 1 N–H and O–H groups in total. The average molecular weight is 394 g/mol. The summed E-state index contributed by atoms with van der Waals surface area (Å²) in [5, 5.41) is 9.53. The second-order valence-corrected chi connectivity index (χ2v) is 8.60. The Balaban J connectivity index is 1.82. The molecule has 0 spiro atoms. The smallest absolute Gasteiger partial charge is 0.335 e. The highest BCUT2D eigenvalue weighted by Crippen LogP contribution is 2.33. The number of amidine groups is 1. The van der Waals surface area contributed by atoms with Gasteiger partial charge in [0.1, 0.15) is 0 Å². The van der Waals surface area contributed by atoms with Crippen LogP contribution in [0.4, 0.5) is 5.69 Å². The highest BCUT2D eigenvalue weighted by molar-refractivity contribution is 8.18. The molecule has 0 aromatic heterocycles. The summed E-state index contributed by atoms with van der Waals surface area (Å²) in [7, 11) is 1.68. The van der Waals surface area contributed by atoms with Crippen LogP contribution in [0.25, 0.3) is 6.08 Å². The molecule has 0 atom stereocenters. The van der Waals surface area contributed by atoms with Crippen molar-refractivity contribution in [3.8, 4) is 0 Å². The molecule has 1 aliphatic rings. The molecule has 3 rings (SSSR count). The van der Waals surface area contributed by atoms with E-state index in [0.29, 0.717) is 15.8 Å². The van der Waals surface area contributed by atoms with Crippen molar-refractivity contribution < 1.29 is 14.7 Å². The molecule has 0 saturated carbocycles. The monoisotopic (exact) mass is 394 g/mol. The van der Waals surface area contributed by atoms with Gasteiger partial charge in [0.2, 0.25) is 0 Å². The maximum absolute atomic E-state index is 12.6. The molecule has 2 aromatic rings. The normalized spacial score (nSPS) is 17.6. The van der Waals surface area contributed by atoms with Crippen molar-refractivity contribution in [3.63, 3.8) is 0 Å². The number of hydrogen-bond donors (Lipinski definition) is 1. The zero-order valence-electron chi connectivity index (χ0n) is 16.3. The lowest BCUT2D eigenvalue weighted by Gasteiger charge is -2.18. The summed E-state index contributed by atoms with van der Waals surface area (Å²) in [6, 6.07) is 14.4. The van der Waals surface area contributed by atoms with E-state index in [1.807, 2.05) is 18.2 Å². The van der Waals surface area contributed by atoms with E-state index < -0.39 is 5.97 Å². The van der Waals surface area contributed by atoms with Crippen LogP contribution in [0.2, 0.25) is 0 Å². The van der Waals surface area contributed by atoms with Gasteiger partial charge < -0.3 is 5.11 Å². The number of hydrogen-bond acceptors (Lipinski definition) is 4. The Labute approximate surface area is 168 Å².